The fraction of sp³-hybridized carbons (Fsp3) is 0.862. The first-order chi connectivity index (χ1) is 14.9. The third-order valence-electron chi connectivity index (χ3n) is 8.04. The minimum Gasteiger partial charge on any atom is -0.384 e. The second-order valence-corrected chi connectivity index (χ2v) is 10.8. The summed E-state index contributed by atoms with van der Waals surface area (Å²) in [6.07, 6.45) is 22.8. The molecule has 2 nitrogen and oxygen atoms in total. The maximum absolute atomic E-state index is 10.5. The molecule has 1 aliphatic heterocycles. The van der Waals surface area contributed by atoms with Gasteiger partial charge in [-0.3, -0.25) is 0 Å². The van der Waals surface area contributed by atoms with Gasteiger partial charge >= 0.3 is 0 Å². The van der Waals surface area contributed by atoms with E-state index in [2.05, 4.69) is 34.6 Å². The van der Waals surface area contributed by atoms with Crippen LogP contribution >= 0.6 is 0 Å². The summed E-state index contributed by atoms with van der Waals surface area (Å²) < 4.78 is 6.67. The molecule has 2 heteroatoms. The maximum atomic E-state index is 10.5. The second-order valence-electron chi connectivity index (χ2n) is 10.8. The predicted molar refractivity (Wildman–Crippen MR) is 135 cm³/mol. The lowest BCUT2D eigenvalue weighted by Crippen LogP contribution is -2.43. The van der Waals surface area contributed by atoms with Gasteiger partial charge in [-0.25, -0.2) is 0 Å². The maximum Gasteiger partial charge on any atom is 0.101 e. The molecular formula is C29H52O2. The first-order valence-corrected chi connectivity index (χ1v) is 13.6. The average Bonchev–Trinajstić information content (AvgIpc) is 2.76. The smallest absolute Gasteiger partial charge is 0.101 e. The molecule has 0 amide bonds. The highest BCUT2D eigenvalue weighted by molar-refractivity contribution is 5.42. The van der Waals surface area contributed by atoms with Crippen LogP contribution in [0.4, 0.5) is 0 Å². The third kappa shape index (κ3) is 8.35. The van der Waals surface area contributed by atoms with Gasteiger partial charge in [-0.15, -0.1) is 0 Å². The van der Waals surface area contributed by atoms with Crippen LogP contribution in [0.1, 0.15) is 144 Å². The molecule has 1 aliphatic carbocycles. The topological polar surface area (TPSA) is 29.5 Å². The predicted octanol–water partition coefficient (Wildman–Crippen LogP) is 8.82. The van der Waals surface area contributed by atoms with Crippen LogP contribution < -0.4 is 0 Å². The van der Waals surface area contributed by atoms with Crippen LogP contribution in [0.5, 0.6) is 0 Å². The van der Waals surface area contributed by atoms with Crippen molar-refractivity contribution in [3.63, 3.8) is 0 Å². The summed E-state index contributed by atoms with van der Waals surface area (Å²) >= 11 is 0. The highest BCUT2D eigenvalue weighted by Crippen LogP contribution is 2.43. The van der Waals surface area contributed by atoms with E-state index in [9.17, 15) is 5.11 Å². The standard InChI is InChI=1S/C29H52O2/c1-6-7-8-9-10-11-12-13-14-15-16-17-18-19-21-29(5)22-20-26-25(4)27(30)23(2)24(3)28(26)31-29/h27-28,30H,6-22H2,1-5H3/t27?,28?,29-/m0/s1. The Morgan fingerprint density at radius 3 is 1.74 bits per heavy atom. The van der Waals surface area contributed by atoms with Gasteiger partial charge in [0.1, 0.15) is 6.10 Å². The van der Waals surface area contributed by atoms with E-state index in [1.54, 1.807) is 0 Å². The average molecular weight is 433 g/mol. The summed E-state index contributed by atoms with van der Waals surface area (Å²) in [6.45, 7) is 10.9. The fourth-order valence-corrected chi connectivity index (χ4v) is 5.50. The quantitative estimate of drug-likeness (QED) is 0.207. The van der Waals surface area contributed by atoms with Gasteiger partial charge < -0.3 is 9.84 Å². The van der Waals surface area contributed by atoms with Crippen molar-refractivity contribution in [1.82, 2.24) is 0 Å². The monoisotopic (exact) mass is 432 g/mol. The van der Waals surface area contributed by atoms with Crippen LogP contribution in [0.25, 0.3) is 0 Å². The van der Waals surface area contributed by atoms with Gasteiger partial charge in [0, 0.05) is 0 Å². The Labute approximate surface area is 193 Å². The van der Waals surface area contributed by atoms with Gasteiger partial charge in [-0.1, -0.05) is 96.8 Å². The normalized spacial score (nSPS) is 26.5. The van der Waals surface area contributed by atoms with Crippen molar-refractivity contribution in [1.29, 1.82) is 0 Å². The molecule has 3 atom stereocenters. The summed E-state index contributed by atoms with van der Waals surface area (Å²) in [6, 6.07) is 0. The van der Waals surface area contributed by atoms with Gasteiger partial charge in [-0.05, 0) is 69.2 Å². The zero-order valence-electron chi connectivity index (χ0n) is 21.5. The molecular weight excluding hydrogens is 380 g/mol. The summed E-state index contributed by atoms with van der Waals surface area (Å²) in [5, 5.41) is 10.5. The highest BCUT2D eigenvalue weighted by Gasteiger charge is 2.40. The Morgan fingerprint density at radius 2 is 1.23 bits per heavy atom. The van der Waals surface area contributed by atoms with Crippen molar-refractivity contribution in [2.24, 2.45) is 0 Å². The fourth-order valence-electron chi connectivity index (χ4n) is 5.50. The van der Waals surface area contributed by atoms with E-state index in [1.165, 1.54) is 107 Å². The van der Waals surface area contributed by atoms with E-state index >= 15 is 0 Å². The van der Waals surface area contributed by atoms with Gasteiger partial charge in [0.25, 0.3) is 0 Å². The van der Waals surface area contributed by atoms with Crippen molar-refractivity contribution in [2.45, 2.75) is 162 Å². The van der Waals surface area contributed by atoms with Crippen molar-refractivity contribution in [3.05, 3.63) is 22.3 Å². The first kappa shape index (κ1) is 26.7. The van der Waals surface area contributed by atoms with Crippen molar-refractivity contribution in [2.75, 3.05) is 0 Å². The number of unbranched alkanes of at least 4 members (excludes halogenated alkanes) is 13. The molecule has 0 aromatic rings. The number of ether oxygens (including phenoxy) is 1. The number of hydrogen-bond acceptors (Lipinski definition) is 2. The molecule has 180 valence electrons. The Morgan fingerprint density at radius 1 is 0.742 bits per heavy atom. The summed E-state index contributed by atoms with van der Waals surface area (Å²) in [7, 11) is 0. The molecule has 0 radical (unpaired) electrons. The highest BCUT2D eigenvalue weighted by atomic mass is 16.5. The van der Waals surface area contributed by atoms with Gasteiger partial charge in [0.2, 0.25) is 0 Å². The van der Waals surface area contributed by atoms with Crippen LogP contribution in [0, 0.1) is 0 Å². The van der Waals surface area contributed by atoms with Crippen LogP contribution in [-0.4, -0.2) is 22.9 Å². The summed E-state index contributed by atoms with van der Waals surface area (Å²) in [4.78, 5) is 0. The number of aliphatic hydroxyl groups is 1. The van der Waals surface area contributed by atoms with Crippen molar-refractivity contribution >= 4 is 0 Å². The van der Waals surface area contributed by atoms with Gasteiger partial charge in [0.15, 0.2) is 0 Å². The molecule has 0 saturated carbocycles. The van der Waals surface area contributed by atoms with E-state index in [0.717, 1.165) is 24.0 Å². The molecule has 0 bridgehead atoms. The lowest BCUT2D eigenvalue weighted by Gasteiger charge is -2.44. The second kappa shape index (κ2) is 13.8. The van der Waals surface area contributed by atoms with Crippen molar-refractivity contribution < 1.29 is 9.84 Å². The summed E-state index contributed by atoms with van der Waals surface area (Å²) in [5.41, 5.74) is 4.79. The Bertz CT molecular complexity index is 588. The van der Waals surface area contributed by atoms with Crippen molar-refractivity contribution in [3.8, 4) is 0 Å². The number of rotatable bonds is 15. The third-order valence-corrected chi connectivity index (χ3v) is 8.04. The van der Waals surface area contributed by atoms with E-state index in [1.807, 2.05) is 0 Å². The molecule has 2 rings (SSSR count). The molecule has 31 heavy (non-hydrogen) atoms. The van der Waals surface area contributed by atoms with Gasteiger partial charge in [-0.2, -0.15) is 0 Å². The largest absolute Gasteiger partial charge is 0.384 e. The number of aliphatic hydroxyl groups excluding tert-OH is 1. The zero-order chi connectivity index (χ0) is 22.7. The molecule has 1 N–H and O–H groups in total. The molecule has 0 aromatic heterocycles. The van der Waals surface area contributed by atoms with E-state index in [4.69, 9.17) is 4.74 Å². The lowest BCUT2D eigenvalue weighted by atomic mass is 9.77. The number of hydrogen-bond donors (Lipinski definition) is 1. The molecule has 1 fully saturated rings. The first-order valence-electron chi connectivity index (χ1n) is 13.6. The molecule has 0 aromatic carbocycles. The molecule has 2 unspecified atom stereocenters. The van der Waals surface area contributed by atoms with Crippen LogP contribution in [0.2, 0.25) is 0 Å². The molecule has 1 saturated heterocycles. The van der Waals surface area contributed by atoms with E-state index in [-0.39, 0.29) is 11.7 Å². The van der Waals surface area contributed by atoms with Crippen LogP contribution in [0.15, 0.2) is 22.3 Å². The Balaban J connectivity index is 1.53. The van der Waals surface area contributed by atoms with Crippen LogP contribution in [0.3, 0.4) is 0 Å². The van der Waals surface area contributed by atoms with E-state index < -0.39 is 6.10 Å². The molecule has 0 spiro atoms. The number of fused-ring (bicyclic) bond motifs is 1. The minimum absolute atomic E-state index is 0.00456. The Kier molecular flexibility index (Phi) is 11.9. The summed E-state index contributed by atoms with van der Waals surface area (Å²) in [5.74, 6) is 0. The minimum atomic E-state index is -0.398. The van der Waals surface area contributed by atoms with Gasteiger partial charge in [0.05, 0.1) is 11.7 Å². The Hall–Kier alpha value is -0.600. The van der Waals surface area contributed by atoms with E-state index in [0.29, 0.717) is 0 Å². The molecule has 1 heterocycles. The van der Waals surface area contributed by atoms with Crippen LogP contribution in [-0.2, 0) is 4.74 Å². The zero-order valence-corrected chi connectivity index (χ0v) is 21.5. The SMILES string of the molecule is CCCCCCCCCCCCCCCC[C@@]1(C)CCC2=C(C)C(O)C(C)=C(C)C2O1. The lowest BCUT2D eigenvalue weighted by molar-refractivity contribution is -0.0875. The molecule has 2 aliphatic rings.